The molecule has 1 aromatic rings. The van der Waals surface area contributed by atoms with Crippen LogP contribution in [0.1, 0.15) is 61.9 Å². The Morgan fingerprint density at radius 1 is 1.19 bits per heavy atom. The van der Waals surface area contributed by atoms with Gasteiger partial charge < -0.3 is 4.90 Å². The van der Waals surface area contributed by atoms with Crippen molar-refractivity contribution in [2.75, 3.05) is 26.2 Å². The van der Waals surface area contributed by atoms with Crippen LogP contribution in [-0.4, -0.2) is 63.1 Å². The third kappa shape index (κ3) is 3.10. The summed E-state index contributed by atoms with van der Waals surface area (Å²) < 4.78 is 0. The largest absolute Gasteiger partial charge is 0.333 e. The number of amides is 1. The maximum atomic E-state index is 12.4. The maximum absolute atomic E-state index is 12.4. The van der Waals surface area contributed by atoms with Crippen molar-refractivity contribution in [2.45, 2.75) is 51.5 Å². The van der Waals surface area contributed by atoms with Crippen molar-refractivity contribution in [3.8, 4) is 0 Å². The lowest BCUT2D eigenvalue weighted by molar-refractivity contribution is 0.0562. The van der Waals surface area contributed by atoms with Crippen molar-refractivity contribution in [1.82, 2.24) is 25.0 Å². The Hall–Kier alpha value is -1.43. The summed E-state index contributed by atoms with van der Waals surface area (Å²) in [4.78, 5) is 21.2. The number of nitrogens with zero attached hydrogens (tertiary/aromatic N) is 4. The minimum Gasteiger partial charge on any atom is -0.333 e. The van der Waals surface area contributed by atoms with E-state index in [1.807, 2.05) is 18.7 Å². The highest BCUT2D eigenvalue weighted by molar-refractivity contribution is 5.90. The third-order valence-corrected chi connectivity index (χ3v) is 4.68. The van der Waals surface area contributed by atoms with Gasteiger partial charge in [0.05, 0.1) is 0 Å². The number of aromatic nitrogens is 3. The summed E-state index contributed by atoms with van der Waals surface area (Å²) in [7, 11) is 0. The van der Waals surface area contributed by atoms with Crippen molar-refractivity contribution in [3.05, 3.63) is 11.6 Å². The zero-order valence-electron chi connectivity index (χ0n) is 13.0. The van der Waals surface area contributed by atoms with Crippen molar-refractivity contribution in [1.29, 1.82) is 0 Å². The molecule has 0 aromatic carbocycles. The van der Waals surface area contributed by atoms with E-state index >= 15 is 0 Å². The average molecular weight is 291 g/mol. The number of hydrogen-bond acceptors (Lipinski definition) is 4. The second-order valence-corrected chi connectivity index (χ2v) is 6.47. The van der Waals surface area contributed by atoms with Crippen LogP contribution in [0.15, 0.2) is 0 Å². The number of carbonyl (C=O) groups excluding carboxylic acids is 1. The van der Waals surface area contributed by atoms with Crippen LogP contribution in [0.4, 0.5) is 0 Å². The lowest BCUT2D eigenvalue weighted by Crippen LogP contribution is -2.51. The first kappa shape index (κ1) is 14.5. The van der Waals surface area contributed by atoms with Gasteiger partial charge in [-0.3, -0.25) is 14.8 Å². The van der Waals surface area contributed by atoms with Crippen LogP contribution in [0.25, 0.3) is 0 Å². The molecule has 6 heteroatoms. The predicted molar refractivity (Wildman–Crippen MR) is 80.2 cm³/mol. The zero-order valence-corrected chi connectivity index (χ0v) is 13.0. The molecule has 1 aliphatic carbocycles. The molecular weight excluding hydrogens is 266 g/mol. The van der Waals surface area contributed by atoms with Gasteiger partial charge >= 0.3 is 0 Å². The average Bonchev–Trinajstić information content (AvgIpc) is 3.18. The Kier molecular flexibility index (Phi) is 4.24. The Labute approximate surface area is 125 Å². The quantitative estimate of drug-likeness (QED) is 0.919. The molecule has 6 nitrogen and oxygen atoms in total. The van der Waals surface area contributed by atoms with Gasteiger partial charge in [0.15, 0.2) is 0 Å². The summed E-state index contributed by atoms with van der Waals surface area (Å²) in [5.41, 5.74) is 0. The van der Waals surface area contributed by atoms with Gasteiger partial charge in [-0.1, -0.05) is 26.7 Å². The van der Waals surface area contributed by atoms with E-state index in [2.05, 4.69) is 20.1 Å². The lowest BCUT2D eigenvalue weighted by Gasteiger charge is -2.37. The molecule has 2 aliphatic rings. The smallest absolute Gasteiger partial charge is 0.293 e. The third-order valence-electron chi connectivity index (χ3n) is 4.68. The summed E-state index contributed by atoms with van der Waals surface area (Å²) in [5, 5.41) is 6.93. The van der Waals surface area contributed by atoms with Gasteiger partial charge in [-0.15, -0.1) is 5.10 Å². The molecule has 1 aliphatic heterocycles. The van der Waals surface area contributed by atoms with Crippen molar-refractivity contribution < 1.29 is 4.79 Å². The topological polar surface area (TPSA) is 65.1 Å². The fourth-order valence-electron chi connectivity index (χ4n) is 3.33. The molecule has 1 aromatic heterocycles. The predicted octanol–water partition coefficient (Wildman–Crippen LogP) is 1.63. The first-order chi connectivity index (χ1) is 10.1. The van der Waals surface area contributed by atoms with E-state index in [0.717, 1.165) is 38.0 Å². The molecule has 1 N–H and O–H groups in total. The Morgan fingerprint density at radius 2 is 1.86 bits per heavy atom. The van der Waals surface area contributed by atoms with Gasteiger partial charge in [-0.25, -0.2) is 4.98 Å². The molecule has 1 saturated heterocycles. The molecule has 21 heavy (non-hydrogen) atoms. The number of carbonyl (C=O) groups is 1. The van der Waals surface area contributed by atoms with E-state index in [0.29, 0.717) is 5.82 Å². The van der Waals surface area contributed by atoms with Crippen molar-refractivity contribution in [2.24, 2.45) is 0 Å². The summed E-state index contributed by atoms with van der Waals surface area (Å²) in [6.45, 7) is 7.63. The van der Waals surface area contributed by atoms with Gasteiger partial charge in [-0.2, -0.15) is 0 Å². The highest BCUT2D eigenvalue weighted by atomic mass is 16.2. The van der Waals surface area contributed by atoms with Gasteiger partial charge in [0, 0.05) is 38.1 Å². The minimum atomic E-state index is -0.0378. The van der Waals surface area contributed by atoms with Crippen molar-refractivity contribution >= 4 is 5.91 Å². The number of hydrogen-bond donors (Lipinski definition) is 1. The van der Waals surface area contributed by atoms with E-state index in [4.69, 9.17) is 0 Å². The summed E-state index contributed by atoms with van der Waals surface area (Å²) in [5.74, 6) is 1.32. The van der Waals surface area contributed by atoms with Crippen LogP contribution in [0.2, 0.25) is 0 Å². The number of rotatable bonds is 3. The van der Waals surface area contributed by atoms with Gasteiger partial charge in [0.25, 0.3) is 5.91 Å². The fraction of sp³-hybridized carbons (Fsp3) is 0.800. The van der Waals surface area contributed by atoms with Crippen LogP contribution >= 0.6 is 0 Å². The summed E-state index contributed by atoms with van der Waals surface area (Å²) in [6.07, 6.45) is 5.37. The molecule has 116 valence electrons. The normalized spacial score (nSPS) is 21.4. The second kappa shape index (κ2) is 6.13. The van der Waals surface area contributed by atoms with E-state index in [-0.39, 0.29) is 11.8 Å². The summed E-state index contributed by atoms with van der Waals surface area (Å²) in [6, 6.07) is 0.748. The number of nitrogens with one attached hydrogen (secondary N) is 1. The monoisotopic (exact) mass is 291 g/mol. The number of piperazine rings is 1. The summed E-state index contributed by atoms with van der Waals surface area (Å²) >= 11 is 0. The molecule has 0 bridgehead atoms. The van der Waals surface area contributed by atoms with Crippen LogP contribution in [0, 0.1) is 0 Å². The van der Waals surface area contributed by atoms with E-state index in [1.54, 1.807) is 0 Å². The second-order valence-electron chi connectivity index (χ2n) is 6.47. The number of aromatic amines is 1. The Morgan fingerprint density at radius 3 is 2.43 bits per heavy atom. The Balaban J connectivity index is 1.56. The highest BCUT2D eigenvalue weighted by Gasteiger charge is 2.29. The molecular formula is C15H25N5O. The molecule has 3 rings (SSSR count). The van der Waals surface area contributed by atoms with Gasteiger partial charge in [0.1, 0.15) is 5.82 Å². The fourth-order valence-corrected chi connectivity index (χ4v) is 3.33. The van der Waals surface area contributed by atoms with E-state index in [9.17, 15) is 4.79 Å². The van der Waals surface area contributed by atoms with Crippen LogP contribution in [0.5, 0.6) is 0 Å². The van der Waals surface area contributed by atoms with E-state index < -0.39 is 0 Å². The highest BCUT2D eigenvalue weighted by Crippen LogP contribution is 2.24. The molecule has 0 atom stereocenters. The minimum absolute atomic E-state index is 0.0378. The molecule has 1 saturated carbocycles. The van der Waals surface area contributed by atoms with Gasteiger partial charge in [-0.05, 0) is 12.8 Å². The first-order valence-corrected chi connectivity index (χ1v) is 8.11. The molecule has 0 radical (unpaired) electrons. The van der Waals surface area contributed by atoms with Crippen LogP contribution in [-0.2, 0) is 0 Å². The standard InChI is InChI=1S/C15H25N5O/c1-11(2)13-16-14(18-17-13)15(21)20-9-7-19(8-10-20)12-5-3-4-6-12/h11-12H,3-10H2,1-2H3,(H,16,17,18). The van der Waals surface area contributed by atoms with Crippen molar-refractivity contribution in [3.63, 3.8) is 0 Å². The molecule has 0 unspecified atom stereocenters. The first-order valence-electron chi connectivity index (χ1n) is 8.11. The SMILES string of the molecule is CC(C)c1nc(C(=O)N2CCN(C3CCCC3)CC2)n[nH]1. The van der Waals surface area contributed by atoms with E-state index in [1.165, 1.54) is 25.7 Å². The van der Waals surface area contributed by atoms with Crippen LogP contribution in [0.3, 0.4) is 0 Å². The van der Waals surface area contributed by atoms with Gasteiger partial charge in [0.2, 0.25) is 5.82 Å². The maximum Gasteiger partial charge on any atom is 0.293 e. The molecule has 2 fully saturated rings. The Bertz CT molecular complexity index is 484. The molecule has 1 amide bonds. The number of H-pyrrole nitrogens is 1. The van der Waals surface area contributed by atoms with Crippen LogP contribution < -0.4 is 0 Å². The molecule has 0 spiro atoms. The molecule has 2 heterocycles. The zero-order chi connectivity index (χ0) is 14.8. The lowest BCUT2D eigenvalue weighted by atomic mass is 10.2.